The molecule has 0 unspecified atom stereocenters. The molecule has 0 aliphatic heterocycles. The van der Waals surface area contributed by atoms with E-state index in [1.807, 2.05) is 0 Å². The van der Waals surface area contributed by atoms with Crippen molar-refractivity contribution in [3.05, 3.63) is 121 Å². The zero-order valence-electron chi connectivity index (χ0n) is 19.8. The van der Waals surface area contributed by atoms with Gasteiger partial charge in [-0.05, 0) is 62.2 Å². The fourth-order valence-corrected chi connectivity index (χ4v) is 8.98. The second kappa shape index (κ2) is 17.4. The van der Waals surface area contributed by atoms with Crippen LogP contribution in [0.2, 0.25) is 0 Å². The van der Waals surface area contributed by atoms with Gasteiger partial charge in [0.05, 0.1) is 0 Å². The molecule has 0 aromatic heterocycles. The second-order valence-electron chi connectivity index (χ2n) is 8.10. The van der Waals surface area contributed by atoms with E-state index in [0.717, 1.165) is 0 Å². The van der Waals surface area contributed by atoms with E-state index in [4.69, 9.17) is 19.1 Å². The van der Waals surface area contributed by atoms with E-state index < -0.39 is 0 Å². The van der Waals surface area contributed by atoms with Crippen LogP contribution in [0, 0.1) is 0 Å². The summed E-state index contributed by atoms with van der Waals surface area (Å²) in [6.07, 6.45) is 7.84. The first-order valence-electron chi connectivity index (χ1n) is 11.9. The Morgan fingerprint density at radius 3 is 0.857 bits per heavy atom. The van der Waals surface area contributed by atoms with Crippen LogP contribution in [0.15, 0.2) is 121 Å². The Hall–Kier alpha value is -1.02. The molecule has 0 fully saturated rings. The molecule has 0 atom stereocenters. The van der Waals surface area contributed by atoms with Crippen LogP contribution < -0.4 is 21.2 Å². The summed E-state index contributed by atoms with van der Waals surface area (Å²) in [5, 5.41) is 6.02. The minimum absolute atomic E-state index is 0.106. The topological polar surface area (TPSA) is 0 Å². The average molecular weight is 632 g/mol. The van der Waals surface area contributed by atoms with Gasteiger partial charge >= 0.3 is 35.0 Å². The van der Waals surface area contributed by atoms with Gasteiger partial charge in [-0.2, -0.15) is 0 Å². The number of hydrogen-bond donors (Lipinski definition) is 0. The summed E-state index contributed by atoms with van der Waals surface area (Å²) in [4.78, 5) is 0. The third-order valence-corrected chi connectivity index (χ3v) is 11.0. The van der Waals surface area contributed by atoms with Crippen molar-refractivity contribution < 1.29 is 15.9 Å². The molecule has 4 aromatic carbocycles. The van der Waals surface area contributed by atoms with Crippen molar-refractivity contribution >= 4 is 56.1 Å². The Bertz CT molecular complexity index is 885. The summed E-state index contributed by atoms with van der Waals surface area (Å²) in [6, 6.07) is 44.5. The molecule has 0 spiro atoms. The van der Waals surface area contributed by atoms with Crippen LogP contribution in [0.1, 0.15) is 25.7 Å². The molecule has 0 saturated heterocycles. The van der Waals surface area contributed by atoms with Crippen LogP contribution in [0.3, 0.4) is 0 Å². The maximum absolute atomic E-state index is 4.81. The Morgan fingerprint density at radius 2 is 0.629 bits per heavy atom. The molecule has 0 aliphatic rings. The van der Waals surface area contributed by atoms with Crippen LogP contribution in [-0.4, -0.2) is 12.3 Å². The van der Waals surface area contributed by atoms with E-state index >= 15 is 0 Å². The van der Waals surface area contributed by atoms with Crippen molar-refractivity contribution in [2.75, 3.05) is 12.3 Å². The zero-order valence-corrected chi connectivity index (χ0v) is 24.6. The smallest absolute Gasteiger partial charge is 0.0195 e. The molecule has 35 heavy (non-hydrogen) atoms. The first kappa shape index (κ1) is 28.6. The van der Waals surface area contributed by atoms with Crippen molar-refractivity contribution in [3.8, 4) is 0 Å². The van der Waals surface area contributed by atoms with E-state index in [2.05, 4.69) is 121 Å². The van der Waals surface area contributed by atoms with Crippen LogP contribution in [0.4, 0.5) is 0 Å². The number of hydrogen-bond acceptors (Lipinski definition) is 0. The molecule has 0 N–H and O–H groups in total. The molecule has 0 nitrogen and oxygen atoms in total. The summed E-state index contributed by atoms with van der Waals surface area (Å²) < 4.78 is 0. The SMILES string of the molecule is [Cl][Pd][Cl].c1ccc(P(CCCCCCP(c2ccccc2)c2ccccc2)c2ccccc2)cc1. The van der Waals surface area contributed by atoms with Crippen LogP contribution in [-0.2, 0) is 15.9 Å². The van der Waals surface area contributed by atoms with E-state index in [1.54, 1.807) is 0 Å². The monoisotopic (exact) mass is 630 g/mol. The van der Waals surface area contributed by atoms with Crippen LogP contribution in [0.5, 0.6) is 0 Å². The average Bonchev–Trinajstić information content (AvgIpc) is 2.93. The first-order valence-corrected chi connectivity index (χ1v) is 19.0. The summed E-state index contributed by atoms with van der Waals surface area (Å²) in [6.45, 7) is 0. The number of halogens is 2. The van der Waals surface area contributed by atoms with Crippen molar-refractivity contribution in [2.45, 2.75) is 25.7 Å². The summed E-state index contributed by atoms with van der Waals surface area (Å²) in [5.74, 6) is 0. The molecule has 0 saturated carbocycles. The molecular weight excluding hydrogens is 600 g/mol. The zero-order chi connectivity index (χ0) is 24.6. The van der Waals surface area contributed by atoms with Gasteiger partial charge in [-0.25, -0.2) is 0 Å². The van der Waals surface area contributed by atoms with Crippen molar-refractivity contribution in [1.29, 1.82) is 0 Å². The van der Waals surface area contributed by atoms with Gasteiger partial charge in [-0.3, -0.25) is 0 Å². The van der Waals surface area contributed by atoms with E-state index in [9.17, 15) is 0 Å². The molecule has 0 radical (unpaired) electrons. The van der Waals surface area contributed by atoms with Gasteiger partial charge in [0.15, 0.2) is 0 Å². The molecule has 4 aromatic rings. The molecule has 0 bridgehead atoms. The molecular formula is C30H32Cl2P2Pd. The largest absolute Gasteiger partial charge is 0.0622 e. The Labute approximate surface area is 230 Å². The number of benzene rings is 4. The Balaban J connectivity index is 0.00000108. The third kappa shape index (κ3) is 10.1. The van der Waals surface area contributed by atoms with E-state index in [1.165, 1.54) is 59.2 Å². The van der Waals surface area contributed by atoms with Crippen LogP contribution in [0.25, 0.3) is 0 Å². The van der Waals surface area contributed by atoms with Gasteiger partial charge in [0.25, 0.3) is 0 Å². The van der Waals surface area contributed by atoms with Gasteiger partial charge < -0.3 is 0 Å². The van der Waals surface area contributed by atoms with Gasteiger partial charge in [0.1, 0.15) is 0 Å². The predicted molar refractivity (Wildman–Crippen MR) is 158 cm³/mol. The predicted octanol–water partition coefficient (Wildman–Crippen LogP) is 8.19. The quantitative estimate of drug-likeness (QED) is 0.0890. The molecule has 4 rings (SSSR count). The number of rotatable bonds is 11. The second-order valence-corrected chi connectivity index (χ2v) is 15.1. The third-order valence-electron chi connectivity index (χ3n) is 5.78. The summed E-state index contributed by atoms with van der Waals surface area (Å²) >= 11 is -0.106. The fourth-order valence-electron chi connectivity index (χ4n) is 4.14. The fraction of sp³-hybridized carbons (Fsp3) is 0.200. The van der Waals surface area contributed by atoms with Gasteiger partial charge in [-0.15, -0.1) is 0 Å². The van der Waals surface area contributed by atoms with Gasteiger partial charge in [0, 0.05) is 0 Å². The minimum atomic E-state index is -0.252. The first-order chi connectivity index (χ1) is 17.3. The maximum Gasteiger partial charge on any atom is -0.0195 e. The Kier molecular flexibility index (Phi) is 14.2. The van der Waals surface area contributed by atoms with Crippen molar-refractivity contribution in [3.63, 3.8) is 0 Å². The van der Waals surface area contributed by atoms with Gasteiger partial charge in [-0.1, -0.05) is 134 Å². The molecule has 5 heteroatoms. The molecule has 0 aliphatic carbocycles. The summed E-state index contributed by atoms with van der Waals surface area (Å²) in [5.41, 5.74) is 0. The normalized spacial score (nSPS) is 10.9. The molecule has 0 amide bonds. The van der Waals surface area contributed by atoms with Crippen molar-refractivity contribution in [1.82, 2.24) is 0 Å². The molecule has 0 heterocycles. The molecule has 186 valence electrons. The Morgan fingerprint density at radius 1 is 0.400 bits per heavy atom. The standard InChI is InChI=1S/C30H32P2.2ClH.Pd/c1(15-25-31(27-17-7-3-8-18-27)28-19-9-4-10-20-28)2-16-26-32(29-21-11-5-12-22-29)30-23-13-6-14-24-30;;;/h3-14,17-24H,1-2,15-16,25-26H2;2*1H;/q;;;+2/p-2. The van der Waals surface area contributed by atoms with E-state index in [0.29, 0.717) is 0 Å². The number of unbranched alkanes of at least 4 members (excludes halogenated alkanes) is 3. The van der Waals surface area contributed by atoms with E-state index in [-0.39, 0.29) is 31.8 Å². The minimum Gasteiger partial charge on any atom is -0.0622 e. The maximum atomic E-state index is 4.81. The summed E-state index contributed by atoms with van der Waals surface area (Å²) in [7, 11) is 9.12. The van der Waals surface area contributed by atoms with Crippen molar-refractivity contribution in [2.24, 2.45) is 0 Å². The van der Waals surface area contributed by atoms with Gasteiger partial charge in [0.2, 0.25) is 0 Å². The van der Waals surface area contributed by atoms with Crippen LogP contribution >= 0.6 is 34.9 Å².